The average Bonchev–Trinajstić information content (AvgIpc) is 2.91. The van der Waals surface area contributed by atoms with E-state index in [0.717, 1.165) is 5.56 Å². The number of aryl methyl sites for hydroxylation is 1. The first-order valence-electron chi connectivity index (χ1n) is 7.38. The number of H-pyrrole nitrogens is 1. The summed E-state index contributed by atoms with van der Waals surface area (Å²) in [5.41, 5.74) is 0.729. The van der Waals surface area contributed by atoms with Crippen molar-refractivity contribution in [2.75, 3.05) is 0 Å². The summed E-state index contributed by atoms with van der Waals surface area (Å²) < 4.78 is 0. The predicted molar refractivity (Wildman–Crippen MR) is 82.9 cm³/mol. The number of nitrogens with one attached hydrogen (secondary N) is 2. The van der Waals surface area contributed by atoms with Crippen LogP contribution >= 0.6 is 0 Å². The highest BCUT2D eigenvalue weighted by Crippen LogP contribution is 2.20. The molecule has 1 amide bonds. The number of nitrogens with zero attached hydrogens (tertiary/aromatic N) is 2. The molecule has 0 aliphatic rings. The van der Waals surface area contributed by atoms with Crippen molar-refractivity contribution in [2.45, 2.75) is 39.3 Å². The molecule has 3 N–H and O–H groups in total. The largest absolute Gasteiger partial charge is 0.388 e. The molecule has 2 aromatic rings. The summed E-state index contributed by atoms with van der Waals surface area (Å²) >= 11 is 0. The number of hydrogen-bond donors (Lipinski definition) is 3. The van der Waals surface area contributed by atoms with Crippen LogP contribution in [0, 0.1) is 12.8 Å². The minimum atomic E-state index is -0.817. The Morgan fingerprint density at radius 2 is 2.00 bits per heavy atom. The molecule has 0 fully saturated rings. The third kappa shape index (κ3) is 4.14. The van der Waals surface area contributed by atoms with E-state index in [2.05, 4.69) is 20.5 Å². The molecule has 0 saturated carbocycles. The predicted octanol–water partition coefficient (Wildman–Crippen LogP) is 2.05. The topological polar surface area (TPSA) is 90.9 Å². The van der Waals surface area contributed by atoms with Crippen LogP contribution in [-0.2, 0) is 4.79 Å². The van der Waals surface area contributed by atoms with Crippen molar-refractivity contribution in [2.24, 2.45) is 5.92 Å². The molecule has 2 atom stereocenters. The molecule has 22 heavy (non-hydrogen) atoms. The van der Waals surface area contributed by atoms with Crippen molar-refractivity contribution in [3.05, 3.63) is 47.5 Å². The maximum atomic E-state index is 12.2. The van der Waals surface area contributed by atoms with Crippen LogP contribution in [0.25, 0.3) is 0 Å². The van der Waals surface area contributed by atoms with E-state index < -0.39 is 6.10 Å². The number of amides is 1. The Bertz CT molecular complexity index is 610. The van der Waals surface area contributed by atoms with Crippen molar-refractivity contribution in [3.63, 3.8) is 0 Å². The molecular formula is C16H22N4O2. The molecule has 0 bridgehead atoms. The Morgan fingerprint density at radius 1 is 1.32 bits per heavy atom. The van der Waals surface area contributed by atoms with Gasteiger partial charge in [0, 0.05) is 0 Å². The standard InChI is InChI=1S/C16H22N4O2/c1-10(2)15(16-17-11(3)19-20-16)18-14(22)9-13(21)12-7-5-4-6-8-12/h4-8,10,13,15,21H,9H2,1-3H3,(H,18,22)(H,17,19,20). The number of aromatic amines is 1. The number of aromatic nitrogens is 3. The zero-order chi connectivity index (χ0) is 16.1. The van der Waals surface area contributed by atoms with Crippen molar-refractivity contribution in [1.82, 2.24) is 20.5 Å². The molecule has 2 unspecified atom stereocenters. The van der Waals surface area contributed by atoms with Gasteiger partial charge in [0.25, 0.3) is 0 Å². The Hall–Kier alpha value is -2.21. The molecule has 1 aromatic carbocycles. The van der Waals surface area contributed by atoms with Gasteiger partial charge in [-0.1, -0.05) is 44.2 Å². The summed E-state index contributed by atoms with van der Waals surface area (Å²) in [7, 11) is 0. The van der Waals surface area contributed by atoms with E-state index in [1.54, 1.807) is 12.1 Å². The van der Waals surface area contributed by atoms with Crippen molar-refractivity contribution < 1.29 is 9.90 Å². The Kier molecular flexibility index (Phi) is 5.27. The Morgan fingerprint density at radius 3 is 2.55 bits per heavy atom. The van der Waals surface area contributed by atoms with Gasteiger partial charge in [0.15, 0.2) is 5.82 Å². The normalized spacial score (nSPS) is 13.9. The molecule has 118 valence electrons. The molecule has 6 nitrogen and oxygen atoms in total. The highest BCUT2D eigenvalue weighted by molar-refractivity contribution is 5.77. The number of carbonyl (C=O) groups is 1. The molecule has 2 rings (SSSR count). The number of rotatable bonds is 6. The van der Waals surface area contributed by atoms with E-state index in [9.17, 15) is 9.90 Å². The SMILES string of the molecule is Cc1nc(C(NC(=O)CC(O)c2ccccc2)C(C)C)n[nH]1. The number of aliphatic hydroxyl groups excluding tert-OH is 1. The summed E-state index contributed by atoms with van der Waals surface area (Å²) in [5, 5.41) is 19.9. The fraction of sp³-hybridized carbons (Fsp3) is 0.438. The third-order valence-corrected chi connectivity index (χ3v) is 3.44. The second-order valence-corrected chi connectivity index (χ2v) is 5.70. The van der Waals surface area contributed by atoms with Crippen LogP contribution in [0.5, 0.6) is 0 Å². The molecule has 0 radical (unpaired) electrons. The third-order valence-electron chi connectivity index (χ3n) is 3.44. The lowest BCUT2D eigenvalue weighted by atomic mass is 10.0. The van der Waals surface area contributed by atoms with Gasteiger partial charge in [-0.05, 0) is 18.4 Å². The van der Waals surface area contributed by atoms with Gasteiger partial charge in [-0.25, -0.2) is 4.98 Å². The lowest BCUT2D eigenvalue weighted by Crippen LogP contribution is -2.33. The van der Waals surface area contributed by atoms with Crippen LogP contribution in [0.2, 0.25) is 0 Å². The molecule has 0 aliphatic carbocycles. The first kappa shape index (κ1) is 16.2. The first-order valence-corrected chi connectivity index (χ1v) is 7.38. The Labute approximate surface area is 130 Å². The lowest BCUT2D eigenvalue weighted by molar-refractivity contribution is -0.124. The van der Waals surface area contributed by atoms with Gasteiger partial charge in [-0.3, -0.25) is 9.89 Å². The number of aliphatic hydroxyl groups is 1. The van der Waals surface area contributed by atoms with Crippen LogP contribution in [0.3, 0.4) is 0 Å². The summed E-state index contributed by atoms with van der Waals surface area (Å²) in [6.45, 7) is 5.80. The Balaban J connectivity index is 2.00. The monoisotopic (exact) mass is 302 g/mol. The molecular weight excluding hydrogens is 280 g/mol. The van der Waals surface area contributed by atoms with Crippen LogP contribution in [0.15, 0.2) is 30.3 Å². The second kappa shape index (κ2) is 7.17. The lowest BCUT2D eigenvalue weighted by Gasteiger charge is -2.20. The molecule has 0 aliphatic heterocycles. The number of hydrogen-bond acceptors (Lipinski definition) is 4. The van der Waals surface area contributed by atoms with Crippen molar-refractivity contribution in [1.29, 1.82) is 0 Å². The summed E-state index contributed by atoms with van der Waals surface area (Å²) in [4.78, 5) is 16.5. The molecule has 6 heteroatoms. The van der Waals surface area contributed by atoms with E-state index in [-0.39, 0.29) is 24.3 Å². The van der Waals surface area contributed by atoms with E-state index in [0.29, 0.717) is 11.6 Å². The highest BCUT2D eigenvalue weighted by Gasteiger charge is 2.23. The van der Waals surface area contributed by atoms with E-state index in [1.807, 2.05) is 39.0 Å². The van der Waals surface area contributed by atoms with Crippen LogP contribution < -0.4 is 5.32 Å². The zero-order valence-corrected chi connectivity index (χ0v) is 13.1. The van der Waals surface area contributed by atoms with Gasteiger partial charge < -0.3 is 10.4 Å². The molecule has 0 spiro atoms. The van der Waals surface area contributed by atoms with Gasteiger partial charge in [-0.15, -0.1) is 0 Å². The van der Waals surface area contributed by atoms with Gasteiger partial charge in [0.1, 0.15) is 5.82 Å². The first-order chi connectivity index (χ1) is 10.5. The fourth-order valence-electron chi connectivity index (χ4n) is 2.23. The fourth-order valence-corrected chi connectivity index (χ4v) is 2.23. The summed E-state index contributed by atoms with van der Waals surface area (Å²) in [6, 6.07) is 8.87. The van der Waals surface area contributed by atoms with Crippen molar-refractivity contribution >= 4 is 5.91 Å². The highest BCUT2D eigenvalue weighted by atomic mass is 16.3. The van der Waals surface area contributed by atoms with E-state index in [4.69, 9.17) is 0 Å². The second-order valence-electron chi connectivity index (χ2n) is 5.70. The van der Waals surface area contributed by atoms with Crippen LogP contribution in [0.1, 0.15) is 49.6 Å². The average molecular weight is 302 g/mol. The molecule has 0 saturated heterocycles. The number of benzene rings is 1. The van der Waals surface area contributed by atoms with Gasteiger partial charge in [0.05, 0.1) is 18.6 Å². The van der Waals surface area contributed by atoms with Crippen LogP contribution in [-0.4, -0.2) is 26.2 Å². The van der Waals surface area contributed by atoms with Crippen molar-refractivity contribution in [3.8, 4) is 0 Å². The zero-order valence-electron chi connectivity index (χ0n) is 13.1. The minimum absolute atomic E-state index is 0.0106. The van der Waals surface area contributed by atoms with E-state index >= 15 is 0 Å². The summed E-state index contributed by atoms with van der Waals surface area (Å²) in [6.07, 6.45) is -0.806. The van der Waals surface area contributed by atoms with E-state index in [1.165, 1.54) is 0 Å². The quantitative estimate of drug-likeness (QED) is 0.761. The maximum Gasteiger partial charge on any atom is 0.223 e. The van der Waals surface area contributed by atoms with Gasteiger partial charge in [-0.2, -0.15) is 5.10 Å². The molecule has 1 aromatic heterocycles. The van der Waals surface area contributed by atoms with Gasteiger partial charge in [0.2, 0.25) is 5.91 Å². The summed E-state index contributed by atoms with van der Waals surface area (Å²) in [5.74, 6) is 1.19. The molecule has 1 heterocycles. The minimum Gasteiger partial charge on any atom is -0.388 e. The smallest absolute Gasteiger partial charge is 0.223 e. The number of carbonyl (C=O) groups excluding carboxylic acids is 1. The maximum absolute atomic E-state index is 12.2. The van der Waals surface area contributed by atoms with Gasteiger partial charge >= 0.3 is 0 Å². The van der Waals surface area contributed by atoms with Crippen LogP contribution in [0.4, 0.5) is 0 Å².